The van der Waals surface area contributed by atoms with Gasteiger partial charge in [0.05, 0.1) is 6.10 Å². The van der Waals surface area contributed by atoms with Gasteiger partial charge in [0, 0.05) is 32.2 Å². The van der Waals surface area contributed by atoms with Crippen molar-refractivity contribution in [2.45, 2.75) is 50.7 Å². The Hall–Kier alpha value is -1.99. The van der Waals surface area contributed by atoms with Crippen molar-refractivity contribution < 1.29 is 18.7 Å². The lowest BCUT2D eigenvalue weighted by atomic mass is 9.94. The maximum atomic E-state index is 13.6. The van der Waals surface area contributed by atoms with Gasteiger partial charge in [-0.15, -0.1) is 0 Å². The Bertz CT molecular complexity index is 671. The van der Waals surface area contributed by atoms with Gasteiger partial charge in [-0.3, -0.25) is 9.59 Å². The number of benzene rings is 1. The highest BCUT2D eigenvalue weighted by molar-refractivity contribution is 5.83. The van der Waals surface area contributed by atoms with Crippen molar-refractivity contribution >= 4 is 11.8 Å². The number of nitrogens with zero attached hydrogens (tertiary/aromatic N) is 1. The van der Waals surface area contributed by atoms with Crippen molar-refractivity contribution in [3.63, 3.8) is 0 Å². The number of carbonyl (C=O) groups is 2. The van der Waals surface area contributed by atoms with Crippen molar-refractivity contribution in [1.29, 1.82) is 0 Å². The molecule has 0 spiro atoms. The zero-order chi connectivity index (χ0) is 19.9. The number of nitrogens with one attached hydrogen (secondary N) is 1. The highest BCUT2D eigenvalue weighted by Gasteiger charge is 2.33. The Labute approximate surface area is 165 Å². The molecule has 2 saturated heterocycles. The second-order valence-electron chi connectivity index (χ2n) is 7.66. The fourth-order valence-corrected chi connectivity index (χ4v) is 3.95. The van der Waals surface area contributed by atoms with Crippen molar-refractivity contribution in [3.8, 4) is 0 Å². The lowest BCUT2D eigenvalue weighted by Crippen LogP contribution is -2.54. The quantitative estimate of drug-likeness (QED) is 0.772. The minimum Gasteiger partial charge on any atom is -0.376 e. The zero-order valence-corrected chi connectivity index (χ0v) is 16.2. The lowest BCUT2D eigenvalue weighted by molar-refractivity contribution is -0.140. The summed E-state index contributed by atoms with van der Waals surface area (Å²) in [6.45, 7) is 2.14. The van der Waals surface area contributed by atoms with E-state index in [-0.39, 0.29) is 29.7 Å². The van der Waals surface area contributed by atoms with E-state index in [9.17, 15) is 14.0 Å². The summed E-state index contributed by atoms with van der Waals surface area (Å²) in [5.74, 6) is -0.470. The van der Waals surface area contributed by atoms with Gasteiger partial charge in [0.15, 0.2) is 0 Å². The second kappa shape index (κ2) is 9.98. The molecule has 154 valence electrons. The number of nitrogens with two attached hydrogens (primary N) is 1. The lowest BCUT2D eigenvalue weighted by Gasteiger charge is -2.35. The Kier molecular flexibility index (Phi) is 7.39. The molecule has 2 heterocycles. The maximum absolute atomic E-state index is 13.6. The maximum Gasteiger partial charge on any atom is 0.242 e. The molecule has 2 amide bonds. The van der Waals surface area contributed by atoms with E-state index in [0.29, 0.717) is 51.1 Å². The largest absolute Gasteiger partial charge is 0.376 e. The van der Waals surface area contributed by atoms with Gasteiger partial charge in [-0.05, 0) is 50.2 Å². The van der Waals surface area contributed by atoms with Crippen LogP contribution in [-0.2, 0) is 20.7 Å². The molecule has 2 atom stereocenters. The van der Waals surface area contributed by atoms with E-state index in [0.717, 1.165) is 19.3 Å². The molecule has 6 nitrogen and oxygen atoms in total. The first-order valence-corrected chi connectivity index (χ1v) is 10.2. The number of hydrogen-bond donors (Lipinski definition) is 2. The standard InChI is InChI=1S/C21H30FN3O3/c22-17-6-2-1-5-15(17)8-11-24-20(26)16-9-12-25(13-10-16)21(27)19(23)18-7-3-4-14-28-18/h1-2,5-6,16,18-19H,3-4,7-14,23H2,(H,24,26). The van der Waals surface area contributed by atoms with E-state index in [4.69, 9.17) is 10.5 Å². The van der Waals surface area contributed by atoms with Crippen LogP contribution >= 0.6 is 0 Å². The summed E-state index contributed by atoms with van der Waals surface area (Å²) in [5.41, 5.74) is 6.72. The number of carbonyl (C=O) groups excluding carboxylic acids is 2. The van der Waals surface area contributed by atoms with Gasteiger partial charge in [0.1, 0.15) is 11.9 Å². The smallest absolute Gasteiger partial charge is 0.242 e. The second-order valence-corrected chi connectivity index (χ2v) is 7.66. The zero-order valence-electron chi connectivity index (χ0n) is 16.2. The molecule has 2 unspecified atom stereocenters. The summed E-state index contributed by atoms with van der Waals surface area (Å²) in [7, 11) is 0. The number of amides is 2. The van der Waals surface area contributed by atoms with E-state index in [1.165, 1.54) is 6.07 Å². The molecule has 2 aliphatic rings. The number of ether oxygens (including phenoxy) is 1. The van der Waals surface area contributed by atoms with Crippen LogP contribution in [0.2, 0.25) is 0 Å². The van der Waals surface area contributed by atoms with Crippen molar-refractivity contribution in [1.82, 2.24) is 10.2 Å². The van der Waals surface area contributed by atoms with Crippen LogP contribution in [0.3, 0.4) is 0 Å². The number of piperidine rings is 1. The third-order valence-corrected chi connectivity index (χ3v) is 5.73. The van der Waals surface area contributed by atoms with Crippen LogP contribution in [0.1, 0.15) is 37.7 Å². The predicted octanol–water partition coefficient (Wildman–Crippen LogP) is 1.62. The van der Waals surface area contributed by atoms with Crippen LogP contribution < -0.4 is 11.1 Å². The summed E-state index contributed by atoms with van der Waals surface area (Å²) in [4.78, 5) is 26.8. The Morgan fingerprint density at radius 2 is 1.96 bits per heavy atom. The molecule has 0 aromatic heterocycles. The van der Waals surface area contributed by atoms with Crippen LogP contribution in [0.15, 0.2) is 24.3 Å². The molecular weight excluding hydrogens is 361 g/mol. The van der Waals surface area contributed by atoms with E-state index < -0.39 is 6.04 Å². The molecule has 0 aliphatic carbocycles. The number of hydrogen-bond acceptors (Lipinski definition) is 4. The highest BCUT2D eigenvalue weighted by Crippen LogP contribution is 2.21. The summed E-state index contributed by atoms with van der Waals surface area (Å²) >= 11 is 0. The fourth-order valence-electron chi connectivity index (χ4n) is 3.95. The van der Waals surface area contributed by atoms with Crippen molar-refractivity contribution in [2.24, 2.45) is 11.7 Å². The average Bonchev–Trinajstić information content (AvgIpc) is 2.74. The summed E-state index contributed by atoms with van der Waals surface area (Å²) < 4.78 is 19.3. The molecular formula is C21H30FN3O3. The number of halogens is 1. The monoisotopic (exact) mass is 391 g/mol. The molecule has 0 radical (unpaired) electrons. The van der Waals surface area contributed by atoms with Crippen LogP contribution in [0.4, 0.5) is 4.39 Å². The summed E-state index contributed by atoms with van der Waals surface area (Å²) in [5, 5.41) is 2.89. The average molecular weight is 391 g/mol. The predicted molar refractivity (Wildman–Crippen MR) is 104 cm³/mol. The Balaban J connectivity index is 1.39. The van der Waals surface area contributed by atoms with Crippen LogP contribution in [-0.4, -0.2) is 55.1 Å². The normalized spacial score (nSPS) is 21.9. The Morgan fingerprint density at radius 1 is 1.21 bits per heavy atom. The Morgan fingerprint density at radius 3 is 2.64 bits per heavy atom. The molecule has 1 aromatic carbocycles. The van der Waals surface area contributed by atoms with Crippen molar-refractivity contribution in [3.05, 3.63) is 35.6 Å². The van der Waals surface area contributed by atoms with Gasteiger partial charge in [-0.1, -0.05) is 18.2 Å². The molecule has 3 N–H and O–H groups in total. The first-order chi connectivity index (χ1) is 13.6. The van der Waals surface area contributed by atoms with Gasteiger partial charge >= 0.3 is 0 Å². The van der Waals surface area contributed by atoms with Crippen LogP contribution in [0.25, 0.3) is 0 Å². The molecule has 0 bridgehead atoms. The summed E-state index contributed by atoms with van der Waals surface area (Å²) in [6.07, 6.45) is 4.40. The summed E-state index contributed by atoms with van der Waals surface area (Å²) in [6, 6.07) is 5.97. The van der Waals surface area contributed by atoms with Gasteiger partial charge in [-0.2, -0.15) is 0 Å². The van der Waals surface area contributed by atoms with Crippen LogP contribution in [0, 0.1) is 11.7 Å². The SMILES string of the molecule is NC(C(=O)N1CCC(C(=O)NCCc2ccccc2F)CC1)C1CCCCO1. The van der Waals surface area contributed by atoms with Crippen LogP contribution in [0.5, 0.6) is 0 Å². The molecule has 7 heteroatoms. The van der Waals surface area contributed by atoms with Crippen molar-refractivity contribution in [2.75, 3.05) is 26.2 Å². The first kappa shape index (κ1) is 20.7. The van der Waals surface area contributed by atoms with E-state index in [1.807, 2.05) is 0 Å². The number of likely N-dealkylation sites (tertiary alicyclic amines) is 1. The molecule has 0 saturated carbocycles. The molecule has 2 fully saturated rings. The van der Waals surface area contributed by atoms with Gasteiger partial charge in [-0.25, -0.2) is 4.39 Å². The van der Waals surface area contributed by atoms with Gasteiger partial charge in [0.25, 0.3) is 0 Å². The van der Waals surface area contributed by atoms with E-state index in [1.54, 1.807) is 23.1 Å². The third-order valence-electron chi connectivity index (χ3n) is 5.73. The fraction of sp³-hybridized carbons (Fsp3) is 0.619. The van der Waals surface area contributed by atoms with Gasteiger partial charge < -0.3 is 20.7 Å². The first-order valence-electron chi connectivity index (χ1n) is 10.2. The highest BCUT2D eigenvalue weighted by atomic mass is 19.1. The van der Waals surface area contributed by atoms with E-state index in [2.05, 4.69) is 5.32 Å². The number of rotatable bonds is 6. The molecule has 2 aliphatic heterocycles. The van der Waals surface area contributed by atoms with Gasteiger partial charge in [0.2, 0.25) is 11.8 Å². The minimum absolute atomic E-state index is 0.0247. The van der Waals surface area contributed by atoms with E-state index >= 15 is 0 Å². The molecule has 3 rings (SSSR count). The topological polar surface area (TPSA) is 84.7 Å². The minimum atomic E-state index is -0.619. The molecule has 1 aromatic rings. The molecule has 28 heavy (non-hydrogen) atoms. The third kappa shape index (κ3) is 5.29.